The molecule has 2 aromatic rings. The van der Waals surface area contributed by atoms with E-state index in [0.29, 0.717) is 11.8 Å². The smallest absolute Gasteiger partial charge is 0.123 e. The van der Waals surface area contributed by atoms with Crippen LogP contribution in [-0.4, -0.2) is 31.1 Å². The van der Waals surface area contributed by atoms with Gasteiger partial charge in [-0.15, -0.1) is 0 Å². The molecular formula is C21H22ClFN2. The molecule has 0 bridgehead atoms. The van der Waals surface area contributed by atoms with Crippen LogP contribution in [-0.2, 0) is 0 Å². The molecule has 4 heteroatoms. The van der Waals surface area contributed by atoms with Gasteiger partial charge in [0.15, 0.2) is 0 Å². The first-order valence-corrected chi connectivity index (χ1v) is 9.24. The minimum absolute atomic E-state index is 0.131. The molecule has 1 fully saturated rings. The molecule has 0 spiro atoms. The van der Waals surface area contributed by atoms with Gasteiger partial charge >= 0.3 is 0 Å². The van der Waals surface area contributed by atoms with Gasteiger partial charge < -0.3 is 5.32 Å². The van der Waals surface area contributed by atoms with Crippen LogP contribution in [0.1, 0.15) is 23.5 Å². The van der Waals surface area contributed by atoms with Crippen molar-refractivity contribution in [1.82, 2.24) is 4.90 Å². The van der Waals surface area contributed by atoms with Crippen LogP contribution in [0.25, 0.3) is 6.08 Å². The number of fused-ring (bicyclic) bond motifs is 1. The predicted molar refractivity (Wildman–Crippen MR) is 103 cm³/mol. The number of nitrogens with zero attached hydrogens (tertiary/aromatic N) is 1. The Kier molecular flexibility index (Phi) is 4.78. The van der Waals surface area contributed by atoms with Gasteiger partial charge in [0.1, 0.15) is 5.82 Å². The van der Waals surface area contributed by atoms with Gasteiger partial charge in [0.2, 0.25) is 0 Å². The van der Waals surface area contributed by atoms with Crippen molar-refractivity contribution in [2.24, 2.45) is 5.92 Å². The summed E-state index contributed by atoms with van der Waals surface area (Å²) in [5, 5.41) is 4.19. The molecule has 2 atom stereocenters. The summed E-state index contributed by atoms with van der Waals surface area (Å²) in [5.41, 5.74) is 3.43. The van der Waals surface area contributed by atoms with Crippen molar-refractivity contribution >= 4 is 23.4 Å². The third kappa shape index (κ3) is 3.73. The minimum Gasteiger partial charge on any atom is -0.384 e. The third-order valence-electron chi connectivity index (χ3n) is 5.35. The maximum Gasteiger partial charge on any atom is 0.123 e. The van der Waals surface area contributed by atoms with E-state index in [1.54, 1.807) is 6.07 Å². The summed E-state index contributed by atoms with van der Waals surface area (Å²) in [4.78, 5) is 2.48. The normalized spacial score (nSPS) is 23.1. The molecule has 130 valence electrons. The maximum absolute atomic E-state index is 13.6. The Bertz CT molecular complexity index is 772. The zero-order chi connectivity index (χ0) is 17.2. The summed E-state index contributed by atoms with van der Waals surface area (Å²) in [7, 11) is 0. The second-order valence-electron chi connectivity index (χ2n) is 6.98. The van der Waals surface area contributed by atoms with Crippen LogP contribution >= 0.6 is 11.6 Å². The largest absolute Gasteiger partial charge is 0.384 e. The van der Waals surface area contributed by atoms with Crippen molar-refractivity contribution in [2.75, 3.05) is 31.5 Å². The van der Waals surface area contributed by atoms with Gasteiger partial charge in [0, 0.05) is 36.3 Å². The molecule has 2 heterocycles. The van der Waals surface area contributed by atoms with Gasteiger partial charge in [-0.3, -0.25) is 4.90 Å². The highest BCUT2D eigenvalue weighted by Gasteiger charge is 2.34. The number of hydrogen-bond donors (Lipinski definition) is 1. The fraction of sp³-hybridized carbons (Fsp3) is 0.333. The van der Waals surface area contributed by atoms with Crippen LogP contribution in [0.2, 0.25) is 5.02 Å². The van der Waals surface area contributed by atoms with Gasteiger partial charge in [0.25, 0.3) is 0 Å². The van der Waals surface area contributed by atoms with E-state index in [0.717, 1.165) is 42.5 Å². The Labute approximate surface area is 153 Å². The Balaban J connectivity index is 1.35. The quantitative estimate of drug-likeness (QED) is 0.827. The number of rotatable bonds is 4. The summed E-state index contributed by atoms with van der Waals surface area (Å²) in [6.07, 6.45) is 5.54. The molecule has 0 amide bonds. The number of nitrogens with one attached hydrogen (secondary N) is 1. The monoisotopic (exact) mass is 356 g/mol. The molecule has 2 aliphatic heterocycles. The molecule has 0 saturated carbocycles. The molecular weight excluding hydrogens is 335 g/mol. The number of likely N-dealkylation sites (tertiary alicyclic amines) is 1. The minimum atomic E-state index is -0.131. The summed E-state index contributed by atoms with van der Waals surface area (Å²) < 4.78 is 13.6. The maximum atomic E-state index is 13.6. The van der Waals surface area contributed by atoms with Crippen LogP contribution in [0.5, 0.6) is 0 Å². The van der Waals surface area contributed by atoms with E-state index in [1.807, 2.05) is 30.3 Å². The summed E-state index contributed by atoms with van der Waals surface area (Å²) in [6.45, 7) is 4.07. The molecule has 0 aromatic heterocycles. The van der Waals surface area contributed by atoms with E-state index in [-0.39, 0.29) is 5.82 Å². The number of hydrogen-bond acceptors (Lipinski definition) is 2. The Morgan fingerprint density at radius 2 is 2.04 bits per heavy atom. The van der Waals surface area contributed by atoms with Gasteiger partial charge in [-0.25, -0.2) is 4.39 Å². The molecule has 0 aliphatic carbocycles. The summed E-state index contributed by atoms with van der Waals surface area (Å²) in [6, 6.07) is 13.0. The zero-order valence-electron chi connectivity index (χ0n) is 14.1. The zero-order valence-corrected chi connectivity index (χ0v) is 14.8. The highest BCUT2D eigenvalue weighted by Crippen LogP contribution is 2.40. The second-order valence-corrected chi connectivity index (χ2v) is 7.42. The first-order chi connectivity index (χ1) is 12.2. The predicted octanol–water partition coefficient (Wildman–Crippen LogP) is 5.02. The fourth-order valence-corrected chi connectivity index (χ4v) is 4.15. The van der Waals surface area contributed by atoms with Crippen molar-refractivity contribution in [3.05, 3.63) is 70.5 Å². The van der Waals surface area contributed by atoms with Crippen molar-refractivity contribution in [2.45, 2.75) is 12.3 Å². The van der Waals surface area contributed by atoms with Crippen molar-refractivity contribution < 1.29 is 4.39 Å². The third-order valence-corrected chi connectivity index (χ3v) is 5.60. The Morgan fingerprint density at radius 3 is 2.88 bits per heavy atom. The summed E-state index contributed by atoms with van der Waals surface area (Å²) >= 11 is 5.91. The molecule has 0 radical (unpaired) electrons. The van der Waals surface area contributed by atoms with Crippen LogP contribution in [0.4, 0.5) is 10.1 Å². The Morgan fingerprint density at radius 1 is 1.20 bits per heavy atom. The average molecular weight is 357 g/mol. The van der Waals surface area contributed by atoms with E-state index in [2.05, 4.69) is 22.4 Å². The Hall–Kier alpha value is -1.84. The lowest BCUT2D eigenvalue weighted by Crippen LogP contribution is -2.23. The van der Waals surface area contributed by atoms with E-state index in [9.17, 15) is 4.39 Å². The first kappa shape index (κ1) is 16.6. The van der Waals surface area contributed by atoms with Crippen molar-refractivity contribution in [3.8, 4) is 0 Å². The van der Waals surface area contributed by atoms with Gasteiger partial charge in [-0.1, -0.05) is 35.9 Å². The topological polar surface area (TPSA) is 15.3 Å². The lowest BCUT2D eigenvalue weighted by Gasteiger charge is -2.19. The number of halogens is 2. The summed E-state index contributed by atoms with van der Waals surface area (Å²) in [5.74, 6) is 0.892. The average Bonchev–Trinajstić information content (AvgIpc) is 3.23. The lowest BCUT2D eigenvalue weighted by molar-refractivity contribution is 0.347. The molecule has 1 N–H and O–H groups in total. The van der Waals surface area contributed by atoms with E-state index >= 15 is 0 Å². The first-order valence-electron chi connectivity index (χ1n) is 8.87. The second kappa shape index (κ2) is 7.19. The lowest BCUT2D eigenvalue weighted by atomic mass is 9.87. The van der Waals surface area contributed by atoms with E-state index in [4.69, 9.17) is 11.6 Å². The van der Waals surface area contributed by atoms with E-state index in [1.165, 1.54) is 18.1 Å². The van der Waals surface area contributed by atoms with Gasteiger partial charge in [-0.05, 0) is 60.3 Å². The standard InChI is InChI=1S/C21H22ClFN2/c22-17-5-3-15(4-6-17)2-1-10-25-11-9-16(14-25)20-13-24-21-8-7-18(23)12-19(20)21/h1-8,12,16,20,24H,9-11,13-14H2/b2-1+. The van der Waals surface area contributed by atoms with Crippen LogP contribution < -0.4 is 5.32 Å². The molecule has 2 nitrogen and oxygen atoms in total. The van der Waals surface area contributed by atoms with Gasteiger partial charge in [-0.2, -0.15) is 0 Å². The highest BCUT2D eigenvalue weighted by molar-refractivity contribution is 6.30. The molecule has 2 aromatic carbocycles. The molecule has 4 rings (SSSR count). The number of anilines is 1. The van der Waals surface area contributed by atoms with Crippen LogP contribution in [0, 0.1) is 11.7 Å². The van der Waals surface area contributed by atoms with Crippen molar-refractivity contribution in [1.29, 1.82) is 0 Å². The van der Waals surface area contributed by atoms with Crippen LogP contribution in [0.15, 0.2) is 48.5 Å². The molecule has 2 unspecified atom stereocenters. The molecule has 2 aliphatic rings. The highest BCUT2D eigenvalue weighted by atomic mass is 35.5. The van der Waals surface area contributed by atoms with Crippen LogP contribution in [0.3, 0.4) is 0 Å². The molecule has 25 heavy (non-hydrogen) atoms. The fourth-order valence-electron chi connectivity index (χ4n) is 4.02. The molecule has 1 saturated heterocycles. The van der Waals surface area contributed by atoms with Crippen molar-refractivity contribution in [3.63, 3.8) is 0 Å². The number of benzene rings is 2. The van der Waals surface area contributed by atoms with E-state index < -0.39 is 0 Å². The van der Waals surface area contributed by atoms with Gasteiger partial charge in [0.05, 0.1) is 0 Å². The SMILES string of the molecule is Fc1ccc2c(c1)C(C1CCN(C/C=C/c3ccc(Cl)cc3)C1)CN2.